The highest BCUT2D eigenvalue weighted by molar-refractivity contribution is 5.36. The summed E-state index contributed by atoms with van der Waals surface area (Å²) >= 11 is 0. The molecule has 0 radical (unpaired) electrons. The molecule has 1 aromatic heterocycles. The lowest BCUT2D eigenvalue weighted by atomic mass is 10.1. The molecule has 0 spiro atoms. The number of aliphatic hydroxyl groups excluding tert-OH is 1. The Morgan fingerprint density at radius 2 is 2.24 bits per heavy atom. The first-order valence-electron chi connectivity index (χ1n) is 5.48. The number of nitrogens with zero attached hydrogens (tertiary/aromatic N) is 1. The number of aryl methyl sites for hydroxylation is 1. The minimum Gasteiger partial charge on any atom is -0.485 e. The van der Waals surface area contributed by atoms with Gasteiger partial charge < -0.3 is 14.4 Å². The van der Waals surface area contributed by atoms with Crippen molar-refractivity contribution in [3.63, 3.8) is 0 Å². The van der Waals surface area contributed by atoms with Gasteiger partial charge in [-0.1, -0.05) is 11.2 Å². The monoisotopic (exact) mass is 233 g/mol. The minimum absolute atomic E-state index is 0.356. The van der Waals surface area contributed by atoms with Crippen molar-refractivity contribution in [2.75, 3.05) is 0 Å². The molecule has 17 heavy (non-hydrogen) atoms. The largest absolute Gasteiger partial charge is 0.485 e. The molecular formula is C13H15NO3. The average Bonchev–Trinajstić information content (AvgIpc) is 2.80. The van der Waals surface area contributed by atoms with E-state index in [1.807, 2.05) is 25.1 Å². The maximum absolute atomic E-state index is 9.46. The van der Waals surface area contributed by atoms with Gasteiger partial charge in [-0.3, -0.25) is 0 Å². The zero-order valence-corrected chi connectivity index (χ0v) is 9.88. The van der Waals surface area contributed by atoms with E-state index in [2.05, 4.69) is 5.16 Å². The Balaban J connectivity index is 2.06. The number of hydrogen-bond acceptors (Lipinski definition) is 4. The van der Waals surface area contributed by atoms with Gasteiger partial charge in [-0.05, 0) is 37.1 Å². The summed E-state index contributed by atoms with van der Waals surface area (Å²) in [6.45, 7) is 4.04. The fraction of sp³-hybridized carbons (Fsp3) is 0.308. The number of rotatable bonds is 4. The third-order valence-electron chi connectivity index (χ3n) is 2.54. The Labute approximate surface area is 99.8 Å². The zero-order chi connectivity index (χ0) is 12.3. The van der Waals surface area contributed by atoms with Gasteiger partial charge >= 0.3 is 0 Å². The number of aliphatic hydroxyl groups is 1. The van der Waals surface area contributed by atoms with Crippen LogP contribution in [0.15, 0.2) is 35.0 Å². The van der Waals surface area contributed by atoms with E-state index < -0.39 is 6.10 Å². The number of benzene rings is 1. The molecule has 0 amide bonds. The van der Waals surface area contributed by atoms with Crippen LogP contribution in [0.5, 0.6) is 5.75 Å². The fourth-order valence-corrected chi connectivity index (χ4v) is 1.56. The van der Waals surface area contributed by atoms with Crippen molar-refractivity contribution in [2.24, 2.45) is 0 Å². The lowest BCUT2D eigenvalue weighted by molar-refractivity contribution is 0.199. The normalized spacial score (nSPS) is 12.4. The first-order chi connectivity index (χ1) is 8.16. The fourth-order valence-electron chi connectivity index (χ4n) is 1.56. The first-order valence-corrected chi connectivity index (χ1v) is 5.48. The maximum Gasteiger partial charge on any atom is 0.174 e. The van der Waals surface area contributed by atoms with Crippen molar-refractivity contribution in [3.8, 4) is 5.75 Å². The van der Waals surface area contributed by atoms with E-state index in [1.54, 1.807) is 19.2 Å². The van der Waals surface area contributed by atoms with E-state index in [0.29, 0.717) is 12.4 Å². The van der Waals surface area contributed by atoms with Crippen LogP contribution < -0.4 is 4.74 Å². The molecule has 4 nitrogen and oxygen atoms in total. The predicted octanol–water partition coefficient (Wildman–Crippen LogP) is 2.62. The van der Waals surface area contributed by atoms with Gasteiger partial charge in [0.05, 0.1) is 12.3 Å². The lowest BCUT2D eigenvalue weighted by Gasteiger charge is -2.10. The molecule has 0 bridgehead atoms. The highest BCUT2D eigenvalue weighted by Crippen LogP contribution is 2.23. The summed E-state index contributed by atoms with van der Waals surface area (Å²) in [5.41, 5.74) is 1.87. The molecule has 0 fully saturated rings. The van der Waals surface area contributed by atoms with Crippen LogP contribution >= 0.6 is 0 Å². The Bertz CT molecular complexity index is 477. The molecule has 0 aliphatic heterocycles. The summed E-state index contributed by atoms with van der Waals surface area (Å²) in [5.74, 6) is 1.47. The van der Waals surface area contributed by atoms with Crippen molar-refractivity contribution in [2.45, 2.75) is 26.6 Å². The second-order valence-corrected chi connectivity index (χ2v) is 3.97. The van der Waals surface area contributed by atoms with Crippen LogP contribution in [-0.4, -0.2) is 10.3 Å². The Morgan fingerprint density at radius 1 is 1.41 bits per heavy atom. The molecule has 0 unspecified atom stereocenters. The van der Waals surface area contributed by atoms with E-state index in [9.17, 15) is 5.11 Å². The van der Waals surface area contributed by atoms with Crippen molar-refractivity contribution >= 4 is 0 Å². The molecule has 2 aromatic rings. The summed E-state index contributed by atoms with van der Waals surface area (Å²) in [4.78, 5) is 0. The molecule has 0 aliphatic rings. The summed E-state index contributed by atoms with van der Waals surface area (Å²) < 4.78 is 10.5. The van der Waals surface area contributed by atoms with E-state index in [0.717, 1.165) is 16.9 Å². The van der Waals surface area contributed by atoms with Gasteiger partial charge in [0, 0.05) is 6.07 Å². The van der Waals surface area contributed by atoms with Crippen LogP contribution in [0.1, 0.15) is 29.9 Å². The SMILES string of the molecule is Cc1cc([C@H](C)O)ccc1OCc1ccno1. The van der Waals surface area contributed by atoms with Gasteiger partial charge in [0.25, 0.3) is 0 Å². The zero-order valence-electron chi connectivity index (χ0n) is 9.88. The molecule has 4 heteroatoms. The van der Waals surface area contributed by atoms with E-state index >= 15 is 0 Å². The van der Waals surface area contributed by atoms with Crippen LogP contribution in [0.3, 0.4) is 0 Å². The van der Waals surface area contributed by atoms with Crippen LogP contribution in [-0.2, 0) is 6.61 Å². The molecule has 1 heterocycles. The maximum atomic E-state index is 9.46. The Kier molecular flexibility index (Phi) is 3.44. The Morgan fingerprint density at radius 3 is 2.82 bits per heavy atom. The first kappa shape index (κ1) is 11.7. The summed E-state index contributed by atoms with van der Waals surface area (Å²) in [6, 6.07) is 7.39. The molecule has 2 rings (SSSR count). The molecule has 0 aliphatic carbocycles. The van der Waals surface area contributed by atoms with Crippen molar-refractivity contribution in [1.29, 1.82) is 0 Å². The average molecular weight is 233 g/mol. The predicted molar refractivity (Wildman–Crippen MR) is 62.6 cm³/mol. The van der Waals surface area contributed by atoms with Gasteiger partial charge in [0.2, 0.25) is 0 Å². The van der Waals surface area contributed by atoms with Crippen LogP contribution in [0, 0.1) is 6.92 Å². The summed E-state index contributed by atoms with van der Waals surface area (Å²) in [7, 11) is 0. The molecule has 90 valence electrons. The highest BCUT2D eigenvalue weighted by atomic mass is 16.5. The molecule has 1 atom stereocenters. The molecule has 0 saturated heterocycles. The van der Waals surface area contributed by atoms with E-state index in [-0.39, 0.29) is 0 Å². The molecule has 0 saturated carbocycles. The van der Waals surface area contributed by atoms with Gasteiger partial charge in [-0.25, -0.2) is 0 Å². The standard InChI is InChI=1S/C13H15NO3/c1-9-7-11(10(2)15)3-4-13(9)16-8-12-5-6-14-17-12/h3-7,10,15H,8H2,1-2H3/t10-/m0/s1. The van der Waals surface area contributed by atoms with Gasteiger partial charge in [-0.2, -0.15) is 0 Å². The Hall–Kier alpha value is -1.81. The second-order valence-electron chi connectivity index (χ2n) is 3.97. The number of hydrogen-bond donors (Lipinski definition) is 1. The van der Waals surface area contributed by atoms with Crippen molar-refractivity contribution in [1.82, 2.24) is 5.16 Å². The minimum atomic E-state index is -0.461. The lowest BCUT2D eigenvalue weighted by Crippen LogP contribution is -1.98. The van der Waals surface area contributed by atoms with Crippen molar-refractivity contribution in [3.05, 3.63) is 47.3 Å². The van der Waals surface area contributed by atoms with Gasteiger partial charge in [-0.15, -0.1) is 0 Å². The van der Waals surface area contributed by atoms with E-state index in [1.165, 1.54) is 0 Å². The third-order valence-corrected chi connectivity index (χ3v) is 2.54. The topological polar surface area (TPSA) is 55.5 Å². The molecular weight excluding hydrogens is 218 g/mol. The third kappa shape index (κ3) is 2.85. The second kappa shape index (κ2) is 5.01. The van der Waals surface area contributed by atoms with Crippen LogP contribution in [0.25, 0.3) is 0 Å². The summed E-state index contributed by atoms with van der Waals surface area (Å²) in [5, 5.41) is 13.1. The van der Waals surface area contributed by atoms with Gasteiger partial charge in [0.1, 0.15) is 12.4 Å². The quantitative estimate of drug-likeness (QED) is 0.881. The highest BCUT2D eigenvalue weighted by Gasteiger charge is 2.06. The van der Waals surface area contributed by atoms with Gasteiger partial charge in [0.15, 0.2) is 5.76 Å². The summed E-state index contributed by atoms with van der Waals surface area (Å²) in [6.07, 6.45) is 1.12. The van der Waals surface area contributed by atoms with Crippen molar-refractivity contribution < 1.29 is 14.4 Å². The van der Waals surface area contributed by atoms with E-state index in [4.69, 9.17) is 9.26 Å². The number of aromatic nitrogens is 1. The number of ether oxygens (including phenoxy) is 1. The van der Waals surface area contributed by atoms with Crippen LogP contribution in [0.4, 0.5) is 0 Å². The van der Waals surface area contributed by atoms with Crippen LogP contribution in [0.2, 0.25) is 0 Å². The smallest absolute Gasteiger partial charge is 0.174 e. The molecule has 1 N–H and O–H groups in total. The molecule has 1 aromatic carbocycles.